The average Bonchev–Trinajstić information content (AvgIpc) is 3.15. The summed E-state index contributed by atoms with van der Waals surface area (Å²) in [5.74, 6) is 2.38. The number of anilines is 1. The Morgan fingerprint density at radius 1 is 1.16 bits per heavy atom. The molecule has 1 aromatic rings. The number of nitrogens with zero attached hydrogens (tertiary/aromatic N) is 2. The summed E-state index contributed by atoms with van der Waals surface area (Å²) in [7, 11) is 0. The first kappa shape index (κ1) is 13.2. The molecule has 3 nitrogen and oxygen atoms in total. The Labute approximate surface area is 120 Å². The molecule has 1 heterocycles. The van der Waals surface area contributed by atoms with Crippen LogP contribution in [0.5, 0.6) is 0 Å². The standard InChI is InChI=1S/C15H22ClN3/c1-15(2)7-5-11(6-8-15)17-13-9-12(16)18-14(19-13)10-3-4-10/h9-11H,3-8H2,1-2H3,(H,17,18,19). The summed E-state index contributed by atoms with van der Waals surface area (Å²) in [5, 5.41) is 4.11. The Balaban J connectivity index is 1.66. The second kappa shape index (κ2) is 4.93. The molecule has 0 unspecified atom stereocenters. The van der Waals surface area contributed by atoms with E-state index in [0.717, 1.165) is 11.6 Å². The molecule has 0 aromatic carbocycles. The van der Waals surface area contributed by atoms with E-state index in [1.54, 1.807) is 0 Å². The third-order valence-electron chi connectivity index (χ3n) is 4.35. The smallest absolute Gasteiger partial charge is 0.135 e. The minimum Gasteiger partial charge on any atom is -0.367 e. The topological polar surface area (TPSA) is 37.8 Å². The van der Waals surface area contributed by atoms with Gasteiger partial charge in [0.05, 0.1) is 0 Å². The Morgan fingerprint density at radius 2 is 1.84 bits per heavy atom. The molecule has 1 N–H and O–H groups in total. The Morgan fingerprint density at radius 3 is 2.47 bits per heavy atom. The van der Waals surface area contributed by atoms with E-state index in [9.17, 15) is 0 Å². The molecule has 4 heteroatoms. The van der Waals surface area contributed by atoms with E-state index in [0.29, 0.717) is 22.5 Å². The van der Waals surface area contributed by atoms with Crippen LogP contribution in [0.25, 0.3) is 0 Å². The van der Waals surface area contributed by atoms with Crippen molar-refractivity contribution in [1.82, 2.24) is 9.97 Å². The fourth-order valence-corrected chi connectivity index (χ4v) is 2.98. The normalized spacial score (nSPS) is 23.3. The van der Waals surface area contributed by atoms with Gasteiger partial charge in [-0.3, -0.25) is 0 Å². The van der Waals surface area contributed by atoms with Gasteiger partial charge in [-0.2, -0.15) is 0 Å². The Bertz CT molecular complexity index is 458. The molecule has 0 atom stereocenters. The predicted molar refractivity (Wildman–Crippen MR) is 78.7 cm³/mol. The lowest BCUT2D eigenvalue weighted by Crippen LogP contribution is -2.30. The van der Waals surface area contributed by atoms with Crippen LogP contribution in [0, 0.1) is 5.41 Å². The molecule has 2 fully saturated rings. The first-order valence-corrected chi connectivity index (χ1v) is 7.71. The van der Waals surface area contributed by atoms with E-state index >= 15 is 0 Å². The zero-order valence-corrected chi connectivity index (χ0v) is 12.5. The monoisotopic (exact) mass is 279 g/mol. The largest absolute Gasteiger partial charge is 0.367 e. The molecule has 19 heavy (non-hydrogen) atoms. The van der Waals surface area contributed by atoms with E-state index in [1.807, 2.05) is 6.07 Å². The van der Waals surface area contributed by atoms with Crippen molar-refractivity contribution in [3.63, 3.8) is 0 Å². The Kier molecular flexibility index (Phi) is 3.42. The van der Waals surface area contributed by atoms with Gasteiger partial charge in [-0.25, -0.2) is 9.97 Å². The van der Waals surface area contributed by atoms with Crippen LogP contribution in [-0.2, 0) is 0 Å². The summed E-state index contributed by atoms with van der Waals surface area (Å²) in [6.07, 6.45) is 7.40. The van der Waals surface area contributed by atoms with Crippen molar-refractivity contribution in [2.24, 2.45) is 5.41 Å². The summed E-state index contributed by atoms with van der Waals surface area (Å²) in [5.41, 5.74) is 0.501. The highest BCUT2D eigenvalue weighted by Gasteiger charge is 2.29. The van der Waals surface area contributed by atoms with Crippen molar-refractivity contribution in [3.8, 4) is 0 Å². The van der Waals surface area contributed by atoms with Crippen LogP contribution in [0.2, 0.25) is 5.15 Å². The van der Waals surface area contributed by atoms with Crippen molar-refractivity contribution in [2.45, 2.75) is 64.3 Å². The quantitative estimate of drug-likeness (QED) is 0.834. The van der Waals surface area contributed by atoms with Crippen molar-refractivity contribution in [1.29, 1.82) is 0 Å². The zero-order valence-electron chi connectivity index (χ0n) is 11.7. The molecule has 2 aliphatic carbocycles. The fourth-order valence-electron chi connectivity index (χ4n) is 2.79. The maximum atomic E-state index is 6.09. The molecule has 3 rings (SSSR count). The highest BCUT2D eigenvalue weighted by molar-refractivity contribution is 6.29. The number of rotatable bonds is 3. The lowest BCUT2D eigenvalue weighted by atomic mass is 9.75. The van der Waals surface area contributed by atoms with Crippen LogP contribution in [-0.4, -0.2) is 16.0 Å². The molecule has 0 saturated heterocycles. The first-order valence-electron chi connectivity index (χ1n) is 7.33. The van der Waals surface area contributed by atoms with Gasteiger partial charge in [-0.1, -0.05) is 25.4 Å². The zero-order chi connectivity index (χ0) is 13.5. The van der Waals surface area contributed by atoms with E-state index in [4.69, 9.17) is 11.6 Å². The van der Waals surface area contributed by atoms with Gasteiger partial charge in [0.1, 0.15) is 16.8 Å². The van der Waals surface area contributed by atoms with E-state index in [1.165, 1.54) is 38.5 Å². The van der Waals surface area contributed by atoms with Crippen LogP contribution in [0.15, 0.2) is 6.07 Å². The lowest BCUT2D eigenvalue weighted by Gasteiger charge is -2.34. The molecule has 0 spiro atoms. The van der Waals surface area contributed by atoms with E-state index in [-0.39, 0.29) is 0 Å². The van der Waals surface area contributed by atoms with Gasteiger partial charge in [0.2, 0.25) is 0 Å². The second-order valence-electron chi connectivity index (χ2n) is 6.79. The molecule has 1 aromatic heterocycles. The fraction of sp³-hybridized carbons (Fsp3) is 0.733. The molecule has 0 bridgehead atoms. The number of halogens is 1. The van der Waals surface area contributed by atoms with Crippen molar-refractivity contribution in [3.05, 3.63) is 17.0 Å². The molecular formula is C15H22ClN3. The average molecular weight is 280 g/mol. The van der Waals surface area contributed by atoms with Crippen molar-refractivity contribution in [2.75, 3.05) is 5.32 Å². The van der Waals surface area contributed by atoms with E-state index < -0.39 is 0 Å². The van der Waals surface area contributed by atoms with Gasteiger partial charge in [-0.15, -0.1) is 0 Å². The lowest BCUT2D eigenvalue weighted by molar-refractivity contribution is 0.232. The minimum absolute atomic E-state index is 0.501. The molecular weight excluding hydrogens is 258 g/mol. The van der Waals surface area contributed by atoms with Gasteiger partial charge in [0.25, 0.3) is 0 Å². The molecule has 2 saturated carbocycles. The maximum absolute atomic E-state index is 6.09. The first-order chi connectivity index (χ1) is 9.02. The maximum Gasteiger partial charge on any atom is 0.135 e. The van der Waals surface area contributed by atoms with Crippen molar-refractivity contribution < 1.29 is 0 Å². The third-order valence-corrected chi connectivity index (χ3v) is 4.54. The highest BCUT2D eigenvalue weighted by atomic mass is 35.5. The highest BCUT2D eigenvalue weighted by Crippen LogP contribution is 2.39. The number of hydrogen-bond donors (Lipinski definition) is 1. The van der Waals surface area contributed by atoms with Crippen LogP contribution in [0.3, 0.4) is 0 Å². The number of nitrogens with one attached hydrogen (secondary N) is 1. The molecule has 2 aliphatic rings. The van der Waals surface area contributed by atoms with Crippen LogP contribution >= 0.6 is 11.6 Å². The number of hydrogen-bond acceptors (Lipinski definition) is 3. The van der Waals surface area contributed by atoms with E-state index in [2.05, 4.69) is 29.1 Å². The SMILES string of the molecule is CC1(C)CCC(Nc2cc(Cl)nc(C3CC3)n2)CC1. The minimum atomic E-state index is 0.501. The van der Waals surface area contributed by atoms with Gasteiger partial charge in [0, 0.05) is 18.0 Å². The summed E-state index contributed by atoms with van der Waals surface area (Å²) in [6, 6.07) is 2.39. The molecule has 0 amide bonds. The second-order valence-corrected chi connectivity index (χ2v) is 7.18. The third kappa shape index (κ3) is 3.38. The van der Waals surface area contributed by atoms with Crippen molar-refractivity contribution >= 4 is 17.4 Å². The number of aromatic nitrogens is 2. The van der Waals surface area contributed by atoms with Gasteiger partial charge >= 0.3 is 0 Å². The molecule has 0 radical (unpaired) electrons. The summed E-state index contributed by atoms with van der Waals surface area (Å²) in [6.45, 7) is 4.71. The Hall–Kier alpha value is -0.830. The molecule has 0 aliphatic heterocycles. The van der Waals surface area contributed by atoms with Gasteiger partial charge in [0.15, 0.2) is 0 Å². The summed E-state index contributed by atoms with van der Waals surface area (Å²) in [4.78, 5) is 8.95. The predicted octanol–water partition coefficient (Wildman–Crippen LogP) is 4.39. The van der Waals surface area contributed by atoms with Gasteiger partial charge < -0.3 is 5.32 Å². The summed E-state index contributed by atoms with van der Waals surface area (Å²) < 4.78 is 0. The van der Waals surface area contributed by atoms with Crippen LogP contribution in [0.4, 0.5) is 5.82 Å². The van der Waals surface area contributed by atoms with Crippen LogP contribution < -0.4 is 5.32 Å². The summed E-state index contributed by atoms with van der Waals surface area (Å²) >= 11 is 6.09. The molecule has 104 valence electrons. The van der Waals surface area contributed by atoms with Gasteiger partial charge in [-0.05, 0) is 43.9 Å². The van der Waals surface area contributed by atoms with Crippen LogP contribution in [0.1, 0.15) is 64.1 Å².